The number of hydrogen-bond donors (Lipinski definition) is 2. The Bertz CT molecular complexity index is 621. The summed E-state index contributed by atoms with van der Waals surface area (Å²) in [6.07, 6.45) is 0. The van der Waals surface area contributed by atoms with E-state index in [1.165, 1.54) is 20.9 Å². The molecule has 0 saturated heterocycles. The number of carbonyl (C=O) groups is 4. The van der Waals surface area contributed by atoms with Crippen molar-refractivity contribution in [3.63, 3.8) is 0 Å². The maximum absolute atomic E-state index is 12.3. The van der Waals surface area contributed by atoms with Crippen molar-refractivity contribution in [2.45, 2.75) is 25.9 Å². The molecular weight excluding hydrogens is 286 g/mol. The summed E-state index contributed by atoms with van der Waals surface area (Å²) in [5.74, 6) is -1.93. The van der Waals surface area contributed by atoms with Crippen molar-refractivity contribution in [1.82, 2.24) is 15.5 Å². The Labute approximate surface area is 127 Å². The van der Waals surface area contributed by atoms with E-state index in [1.54, 1.807) is 24.3 Å². The summed E-state index contributed by atoms with van der Waals surface area (Å²) < 4.78 is 0. The number of imide groups is 1. The number of nitrogens with zero attached hydrogens (tertiary/aromatic N) is 1. The van der Waals surface area contributed by atoms with Gasteiger partial charge in [-0.05, 0) is 26.0 Å². The number of amides is 4. The molecule has 1 aromatic rings. The molecule has 2 unspecified atom stereocenters. The molecule has 4 amide bonds. The molecule has 7 heteroatoms. The predicted octanol–water partition coefficient (Wildman–Crippen LogP) is -0.0782. The lowest BCUT2D eigenvalue weighted by molar-refractivity contribution is -0.130. The minimum absolute atomic E-state index is 0.284. The van der Waals surface area contributed by atoms with E-state index in [-0.39, 0.29) is 17.0 Å². The summed E-state index contributed by atoms with van der Waals surface area (Å²) in [6, 6.07) is 4.66. The second-order valence-corrected chi connectivity index (χ2v) is 5.05. The van der Waals surface area contributed by atoms with Crippen LogP contribution in [0.2, 0.25) is 0 Å². The van der Waals surface area contributed by atoms with Gasteiger partial charge in [-0.1, -0.05) is 12.1 Å². The number of likely N-dealkylation sites (N-methyl/N-ethyl adjacent to an activating group) is 1. The number of nitrogens with one attached hydrogen (secondary N) is 2. The number of hydrogen-bond acceptors (Lipinski definition) is 4. The number of rotatable bonds is 4. The second-order valence-electron chi connectivity index (χ2n) is 5.05. The first-order valence-corrected chi connectivity index (χ1v) is 6.87. The van der Waals surface area contributed by atoms with E-state index in [1.807, 2.05) is 0 Å². The van der Waals surface area contributed by atoms with E-state index in [0.717, 1.165) is 4.90 Å². The van der Waals surface area contributed by atoms with E-state index in [4.69, 9.17) is 0 Å². The molecule has 1 aromatic carbocycles. The predicted molar refractivity (Wildman–Crippen MR) is 78.1 cm³/mol. The third kappa shape index (κ3) is 2.57. The summed E-state index contributed by atoms with van der Waals surface area (Å²) in [5, 5.41) is 4.89. The van der Waals surface area contributed by atoms with Crippen LogP contribution < -0.4 is 10.6 Å². The molecule has 2 N–H and O–H groups in total. The number of benzene rings is 1. The fraction of sp³-hybridized carbons (Fsp3) is 0.333. The minimum atomic E-state index is -1.00. The summed E-state index contributed by atoms with van der Waals surface area (Å²) in [6.45, 7) is 2.97. The standard InChI is InChI=1S/C15H17N3O4/c1-8(12(19)16-3)17-13(20)9(2)18-14(21)10-6-4-5-7-11(10)15(18)22/h4-9H,1-3H3,(H,16,19)(H,17,20). The summed E-state index contributed by atoms with van der Waals surface area (Å²) >= 11 is 0. The fourth-order valence-corrected chi connectivity index (χ4v) is 2.29. The largest absolute Gasteiger partial charge is 0.357 e. The molecule has 7 nitrogen and oxygen atoms in total. The van der Waals surface area contributed by atoms with Crippen molar-refractivity contribution in [1.29, 1.82) is 0 Å². The highest BCUT2D eigenvalue weighted by molar-refractivity contribution is 6.22. The highest BCUT2D eigenvalue weighted by Gasteiger charge is 2.40. The lowest BCUT2D eigenvalue weighted by Crippen LogP contribution is -2.52. The molecule has 2 rings (SSSR count). The average Bonchev–Trinajstić information content (AvgIpc) is 2.77. The van der Waals surface area contributed by atoms with Crippen molar-refractivity contribution >= 4 is 23.6 Å². The fourth-order valence-electron chi connectivity index (χ4n) is 2.29. The quantitative estimate of drug-likeness (QED) is 0.761. The SMILES string of the molecule is CNC(=O)C(C)NC(=O)C(C)N1C(=O)c2ccccc2C1=O. The Kier molecular flexibility index (Phi) is 4.25. The van der Waals surface area contributed by atoms with Crippen LogP contribution in [-0.2, 0) is 9.59 Å². The van der Waals surface area contributed by atoms with Gasteiger partial charge in [-0.25, -0.2) is 0 Å². The van der Waals surface area contributed by atoms with Gasteiger partial charge in [0.25, 0.3) is 11.8 Å². The van der Waals surface area contributed by atoms with Crippen molar-refractivity contribution in [2.75, 3.05) is 7.05 Å². The summed E-state index contributed by atoms with van der Waals surface area (Å²) in [4.78, 5) is 49.1. The van der Waals surface area contributed by atoms with Crippen LogP contribution in [0.3, 0.4) is 0 Å². The van der Waals surface area contributed by atoms with Gasteiger partial charge in [-0.3, -0.25) is 24.1 Å². The molecule has 0 fully saturated rings. The summed E-state index contributed by atoms with van der Waals surface area (Å²) in [5.41, 5.74) is 0.568. The van der Waals surface area contributed by atoms with Crippen molar-refractivity contribution in [3.8, 4) is 0 Å². The molecular formula is C15H17N3O4. The van der Waals surface area contributed by atoms with Crippen molar-refractivity contribution < 1.29 is 19.2 Å². The van der Waals surface area contributed by atoms with E-state index >= 15 is 0 Å². The zero-order valence-electron chi connectivity index (χ0n) is 12.5. The van der Waals surface area contributed by atoms with E-state index in [2.05, 4.69) is 10.6 Å². The van der Waals surface area contributed by atoms with Gasteiger partial charge in [0.1, 0.15) is 12.1 Å². The normalized spacial score (nSPS) is 16.0. The second kappa shape index (κ2) is 5.97. The Hall–Kier alpha value is -2.70. The molecule has 1 heterocycles. The van der Waals surface area contributed by atoms with Gasteiger partial charge in [0.15, 0.2) is 0 Å². The van der Waals surface area contributed by atoms with Crippen LogP contribution >= 0.6 is 0 Å². The third-order valence-corrected chi connectivity index (χ3v) is 3.59. The first-order chi connectivity index (χ1) is 10.4. The van der Waals surface area contributed by atoms with Gasteiger partial charge in [0.2, 0.25) is 11.8 Å². The Balaban J connectivity index is 2.16. The monoisotopic (exact) mass is 303 g/mol. The topological polar surface area (TPSA) is 95.6 Å². The van der Waals surface area contributed by atoms with Crippen LogP contribution in [-0.4, -0.2) is 47.7 Å². The molecule has 1 aliphatic rings. The Morgan fingerprint density at radius 2 is 1.50 bits per heavy atom. The van der Waals surface area contributed by atoms with Gasteiger partial charge in [0, 0.05) is 7.05 Å². The van der Waals surface area contributed by atoms with Gasteiger partial charge in [-0.2, -0.15) is 0 Å². The van der Waals surface area contributed by atoms with E-state index in [0.29, 0.717) is 0 Å². The van der Waals surface area contributed by atoms with Crippen LogP contribution in [0.5, 0.6) is 0 Å². The Morgan fingerprint density at radius 1 is 1.00 bits per heavy atom. The third-order valence-electron chi connectivity index (χ3n) is 3.59. The van der Waals surface area contributed by atoms with Crippen LogP contribution in [0.1, 0.15) is 34.6 Å². The van der Waals surface area contributed by atoms with Gasteiger partial charge < -0.3 is 10.6 Å². The first kappa shape index (κ1) is 15.7. The summed E-state index contributed by atoms with van der Waals surface area (Å²) in [7, 11) is 1.46. The molecule has 22 heavy (non-hydrogen) atoms. The zero-order valence-corrected chi connectivity index (χ0v) is 12.5. The zero-order chi connectivity index (χ0) is 16.4. The molecule has 0 aliphatic carbocycles. The molecule has 1 aliphatic heterocycles. The number of carbonyl (C=O) groups excluding carboxylic acids is 4. The molecule has 0 bridgehead atoms. The molecule has 0 spiro atoms. The lowest BCUT2D eigenvalue weighted by Gasteiger charge is -2.23. The van der Waals surface area contributed by atoms with E-state index < -0.39 is 29.8 Å². The smallest absolute Gasteiger partial charge is 0.262 e. The van der Waals surface area contributed by atoms with Crippen molar-refractivity contribution in [3.05, 3.63) is 35.4 Å². The molecule has 116 valence electrons. The van der Waals surface area contributed by atoms with E-state index in [9.17, 15) is 19.2 Å². The average molecular weight is 303 g/mol. The molecule has 0 radical (unpaired) electrons. The molecule has 0 saturated carbocycles. The maximum atomic E-state index is 12.3. The van der Waals surface area contributed by atoms with Gasteiger partial charge in [0.05, 0.1) is 11.1 Å². The number of fused-ring (bicyclic) bond motifs is 1. The van der Waals surface area contributed by atoms with Crippen LogP contribution in [0.4, 0.5) is 0 Å². The van der Waals surface area contributed by atoms with Crippen molar-refractivity contribution in [2.24, 2.45) is 0 Å². The van der Waals surface area contributed by atoms with Gasteiger partial charge in [-0.15, -0.1) is 0 Å². The highest BCUT2D eigenvalue weighted by Crippen LogP contribution is 2.24. The van der Waals surface area contributed by atoms with Crippen LogP contribution in [0.15, 0.2) is 24.3 Å². The first-order valence-electron chi connectivity index (χ1n) is 6.87. The molecule has 0 aromatic heterocycles. The maximum Gasteiger partial charge on any atom is 0.262 e. The Morgan fingerprint density at radius 3 is 1.95 bits per heavy atom. The lowest BCUT2D eigenvalue weighted by atomic mass is 10.1. The minimum Gasteiger partial charge on any atom is -0.357 e. The molecule has 2 atom stereocenters. The van der Waals surface area contributed by atoms with Gasteiger partial charge >= 0.3 is 0 Å². The highest BCUT2D eigenvalue weighted by atomic mass is 16.2. The van der Waals surface area contributed by atoms with Crippen LogP contribution in [0.25, 0.3) is 0 Å². The van der Waals surface area contributed by atoms with Crippen LogP contribution in [0, 0.1) is 0 Å².